The van der Waals surface area contributed by atoms with Crippen LogP contribution in [0, 0.1) is 11.6 Å². The number of aromatic nitrogens is 1. The first-order valence-corrected chi connectivity index (χ1v) is 12.8. The third kappa shape index (κ3) is 4.12. The van der Waals surface area contributed by atoms with E-state index in [1.165, 1.54) is 17.5 Å². The monoisotopic (exact) mass is 496 g/mol. The van der Waals surface area contributed by atoms with Crippen molar-refractivity contribution in [2.24, 2.45) is 0 Å². The van der Waals surface area contributed by atoms with Crippen molar-refractivity contribution in [1.82, 2.24) is 9.88 Å². The summed E-state index contributed by atoms with van der Waals surface area (Å²) in [6.45, 7) is 0.582. The predicted molar refractivity (Wildman–Crippen MR) is 126 cm³/mol. The predicted octanol–water partition coefficient (Wildman–Crippen LogP) is 5.31. The summed E-state index contributed by atoms with van der Waals surface area (Å²) in [7, 11) is -2.10. The SMILES string of the molecule is CN1Cc2cc(-c3ccc(-c4cncc(CS(=O)(=O)c5ccc(F)c(F)c5)c4)s3)ccc2C1=O. The molecular formula is C25H18F2N2O3S2. The minimum absolute atomic E-state index is 0.0228. The van der Waals surface area contributed by atoms with Gasteiger partial charge in [0.1, 0.15) is 0 Å². The number of carbonyl (C=O) groups excluding carboxylic acids is 1. The van der Waals surface area contributed by atoms with E-state index < -0.39 is 21.5 Å². The summed E-state index contributed by atoms with van der Waals surface area (Å²) in [6, 6.07) is 14.0. The lowest BCUT2D eigenvalue weighted by molar-refractivity contribution is 0.0816. The van der Waals surface area contributed by atoms with E-state index >= 15 is 0 Å². The van der Waals surface area contributed by atoms with Gasteiger partial charge in [0.05, 0.1) is 10.6 Å². The highest BCUT2D eigenvalue weighted by atomic mass is 32.2. The van der Waals surface area contributed by atoms with Crippen molar-refractivity contribution in [3.05, 3.63) is 95.3 Å². The molecular weight excluding hydrogens is 478 g/mol. The van der Waals surface area contributed by atoms with Crippen LogP contribution < -0.4 is 0 Å². The van der Waals surface area contributed by atoms with Crippen molar-refractivity contribution < 1.29 is 22.0 Å². The summed E-state index contributed by atoms with van der Waals surface area (Å²) in [5.41, 5.74) is 3.91. The van der Waals surface area contributed by atoms with E-state index in [1.807, 2.05) is 30.3 Å². The average Bonchev–Trinajstić information content (AvgIpc) is 3.40. The number of hydrogen-bond donors (Lipinski definition) is 0. The van der Waals surface area contributed by atoms with Gasteiger partial charge in [0.2, 0.25) is 0 Å². The van der Waals surface area contributed by atoms with Crippen LogP contribution in [0.4, 0.5) is 8.78 Å². The molecule has 5 rings (SSSR count). The van der Waals surface area contributed by atoms with Gasteiger partial charge in [-0.05, 0) is 65.2 Å². The van der Waals surface area contributed by atoms with E-state index in [0.29, 0.717) is 18.2 Å². The fraction of sp³-hybridized carbons (Fsp3) is 0.120. The molecule has 172 valence electrons. The van der Waals surface area contributed by atoms with Crippen LogP contribution in [0.3, 0.4) is 0 Å². The molecule has 0 unspecified atom stereocenters. The molecule has 5 nitrogen and oxygen atoms in total. The van der Waals surface area contributed by atoms with Crippen LogP contribution in [0.5, 0.6) is 0 Å². The molecule has 34 heavy (non-hydrogen) atoms. The molecule has 0 spiro atoms. The molecule has 3 heterocycles. The second-order valence-electron chi connectivity index (χ2n) is 8.11. The molecule has 1 amide bonds. The van der Waals surface area contributed by atoms with E-state index in [-0.39, 0.29) is 16.6 Å². The Labute approximate surface area is 199 Å². The Morgan fingerprint density at radius 3 is 2.47 bits per heavy atom. The first-order valence-electron chi connectivity index (χ1n) is 10.3. The number of halogens is 2. The van der Waals surface area contributed by atoms with Gasteiger partial charge in [0.25, 0.3) is 5.91 Å². The van der Waals surface area contributed by atoms with E-state index in [0.717, 1.165) is 44.1 Å². The Kier molecular flexibility index (Phi) is 5.53. The van der Waals surface area contributed by atoms with Gasteiger partial charge in [-0.15, -0.1) is 11.3 Å². The maximum absolute atomic E-state index is 13.5. The Hall–Kier alpha value is -3.43. The van der Waals surface area contributed by atoms with Gasteiger partial charge in [-0.25, -0.2) is 17.2 Å². The van der Waals surface area contributed by atoms with Gasteiger partial charge in [0.15, 0.2) is 21.5 Å². The Morgan fingerprint density at radius 2 is 1.71 bits per heavy atom. The number of pyridine rings is 1. The number of sulfone groups is 1. The van der Waals surface area contributed by atoms with Gasteiger partial charge < -0.3 is 4.90 Å². The molecule has 1 aliphatic heterocycles. The molecule has 0 atom stereocenters. The Balaban J connectivity index is 1.40. The zero-order chi connectivity index (χ0) is 24.0. The van der Waals surface area contributed by atoms with E-state index in [4.69, 9.17) is 0 Å². The van der Waals surface area contributed by atoms with Crippen LogP contribution in [0.2, 0.25) is 0 Å². The number of benzene rings is 2. The lowest BCUT2D eigenvalue weighted by Gasteiger charge is -2.06. The fourth-order valence-corrected chi connectivity index (χ4v) is 6.25. The first kappa shape index (κ1) is 22.4. The summed E-state index contributed by atoms with van der Waals surface area (Å²) in [5.74, 6) is -2.67. The van der Waals surface area contributed by atoms with Crippen LogP contribution in [-0.4, -0.2) is 31.3 Å². The third-order valence-corrected chi connectivity index (χ3v) is 8.54. The summed E-state index contributed by atoms with van der Waals surface area (Å²) in [6.07, 6.45) is 3.10. The fourth-order valence-electron chi connectivity index (χ4n) is 3.94. The molecule has 2 aromatic heterocycles. The molecule has 0 saturated carbocycles. The number of hydrogen-bond acceptors (Lipinski definition) is 5. The molecule has 0 N–H and O–H groups in total. The second kappa shape index (κ2) is 8.41. The molecule has 9 heteroatoms. The zero-order valence-electron chi connectivity index (χ0n) is 18.0. The van der Waals surface area contributed by atoms with Crippen molar-refractivity contribution in [3.8, 4) is 20.9 Å². The number of rotatable bonds is 5. The minimum Gasteiger partial charge on any atom is -0.337 e. The lowest BCUT2D eigenvalue weighted by Crippen LogP contribution is -2.17. The van der Waals surface area contributed by atoms with Gasteiger partial charge in [-0.3, -0.25) is 9.78 Å². The van der Waals surface area contributed by atoms with Gasteiger partial charge >= 0.3 is 0 Å². The molecule has 0 fully saturated rings. The number of carbonyl (C=O) groups is 1. The summed E-state index contributed by atoms with van der Waals surface area (Å²) in [5, 5.41) is 0. The topological polar surface area (TPSA) is 67.3 Å². The smallest absolute Gasteiger partial charge is 0.254 e. The number of thiophene rings is 1. The van der Waals surface area contributed by atoms with Crippen molar-refractivity contribution >= 4 is 27.1 Å². The maximum Gasteiger partial charge on any atom is 0.254 e. The van der Waals surface area contributed by atoms with Crippen molar-refractivity contribution in [2.45, 2.75) is 17.2 Å². The number of amides is 1. The molecule has 1 aliphatic rings. The molecule has 2 aromatic carbocycles. The summed E-state index contributed by atoms with van der Waals surface area (Å²) in [4.78, 5) is 19.6. The molecule has 4 aromatic rings. The molecule has 0 aliphatic carbocycles. The van der Waals surface area contributed by atoms with Crippen LogP contribution >= 0.6 is 11.3 Å². The highest BCUT2D eigenvalue weighted by Gasteiger charge is 2.24. The van der Waals surface area contributed by atoms with Crippen LogP contribution in [-0.2, 0) is 22.1 Å². The summed E-state index contributed by atoms with van der Waals surface area (Å²) >= 11 is 1.53. The normalized spacial score (nSPS) is 13.4. The Bertz CT molecular complexity index is 1550. The second-order valence-corrected chi connectivity index (χ2v) is 11.2. The van der Waals surface area contributed by atoms with Crippen LogP contribution in [0.25, 0.3) is 20.9 Å². The van der Waals surface area contributed by atoms with Crippen LogP contribution in [0.15, 0.2) is 71.9 Å². The minimum atomic E-state index is -3.88. The lowest BCUT2D eigenvalue weighted by atomic mass is 10.1. The van der Waals surface area contributed by atoms with E-state index in [1.54, 1.807) is 24.2 Å². The van der Waals surface area contributed by atoms with Crippen LogP contribution in [0.1, 0.15) is 21.5 Å². The van der Waals surface area contributed by atoms with Gasteiger partial charge in [-0.1, -0.05) is 6.07 Å². The average molecular weight is 497 g/mol. The van der Waals surface area contributed by atoms with Crippen molar-refractivity contribution in [2.75, 3.05) is 7.05 Å². The zero-order valence-corrected chi connectivity index (χ0v) is 19.6. The van der Waals surface area contributed by atoms with E-state index in [9.17, 15) is 22.0 Å². The highest BCUT2D eigenvalue weighted by molar-refractivity contribution is 7.90. The quantitative estimate of drug-likeness (QED) is 0.351. The number of fused-ring (bicyclic) bond motifs is 1. The van der Waals surface area contributed by atoms with Gasteiger partial charge in [0, 0.05) is 46.9 Å². The molecule has 0 saturated heterocycles. The highest BCUT2D eigenvalue weighted by Crippen LogP contribution is 2.36. The van der Waals surface area contributed by atoms with E-state index in [2.05, 4.69) is 4.98 Å². The molecule has 0 radical (unpaired) electrons. The summed E-state index contributed by atoms with van der Waals surface area (Å²) < 4.78 is 52.1. The largest absolute Gasteiger partial charge is 0.337 e. The first-order chi connectivity index (χ1) is 16.2. The number of nitrogens with zero attached hydrogens (tertiary/aromatic N) is 2. The third-order valence-electron chi connectivity index (χ3n) is 5.67. The van der Waals surface area contributed by atoms with Gasteiger partial charge in [-0.2, -0.15) is 0 Å². The molecule has 0 bridgehead atoms. The Morgan fingerprint density at radius 1 is 0.941 bits per heavy atom. The standard InChI is InChI=1S/C25H18F2N2O3S2/c1-29-13-18-9-16(2-4-20(18)25(29)30)23-6-7-24(33-23)17-8-15(11-28-12-17)14-34(31,32)19-3-5-21(26)22(27)10-19/h2-12H,13-14H2,1H3. The maximum atomic E-state index is 13.5. The van der Waals surface area contributed by atoms with Crippen molar-refractivity contribution in [1.29, 1.82) is 0 Å². The van der Waals surface area contributed by atoms with Crippen molar-refractivity contribution in [3.63, 3.8) is 0 Å².